The molecule has 4 aromatic rings. The number of phenols is 1. The van der Waals surface area contributed by atoms with E-state index in [9.17, 15) is 14.6 Å². The van der Waals surface area contributed by atoms with Crippen molar-refractivity contribution < 1.29 is 23.7 Å². The Kier molecular flexibility index (Phi) is 7.33. The number of likely N-dealkylation sites (tertiary alicyclic amines) is 1. The predicted octanol–water partition coefficient (Wildman–Crippen LogP) is 5.02. The molecule has 2 aromatic carbocycles. The van der Waals surface area contributed by atoms with Gasteiger partial charge in [-0.2, -0.15) is 9.97 Å². The number of phenolic OH excluding ortho intramolecular Hbond substituents is 1. The molecule has 4 heterocycles. The smallest absolute Gasteiger partial charge is 0.319 e. The fraction of sp³-hybridized carbons (Fsp3) is 0.406. The third-order valence-corrected chi connectivity index (χ3v) is 8.20. The van der Waals surface area contributed by atoms with Crippen LogP contribution < -0.4 is 9.64 Å². The molecule has 0 bridgehead atoms. The number of hydrogen-bond donors (Lipinski definition) is 2. The van der Waals surface area contributed by atoms with Crippen LogP contribution >= 0.6 is 0 Å². The van der Waals surface area contributed by atoms with E-state index in [4.69, 9.17) is 9.72 Å². The van der Waals surface area contributed by atoms with Crippen molar-refractivity contribution in [3.8, 4) is 34.9 Å². The van der Waals surface area contributed by atoms with E-state index in [1.165, 1.54) is 30.3 Å². The highest BCUT2D eigenvalue weighted by Gasteiger charge is 2.33. The maximum Gasteiger partial charge on any atom is 0.319 e. The zero-order valence-corrected chi connectivity index (χ0v) is 23.9. The van der Waals surface area contributed by atoms with Crippen molar-refractivity contribution >= 4 is 27.5 Å². The standard InChI is InChI=1S/C32H33F2N5O3/c1-4-7-25-26-29(27(34)28(35-25)24-16-22(40)14-19-9-10-20(33)15-23(19)24)36-31(42-17-21-8-5-12-38(21)3)37-30(26)39-13-6-11-32(2,41)18-39/h9-10,14-16,21,40-41H,5-6,8,11-13,17-18H2,1-3H3/t21-,32-/m1/s1. The number of fused-ring (bicyclic) bond motifs is 2. The summed E-state index contributed by atoms with van der Waals surface area (Å²) < 4.78 is 37.1. The van der Waals surface area contributed by atoms with E-state index in [2.05, 4.69) is 26.7 Å². The van der Waals surface area contributed by atoms with Crippen LogP contribution in [0.1, 0.15) is 45.2 Å². The number of rotatable bonds is 5. The average Bonchev–Trinajstić information content (AvgIpc) is 3.36. The molecule has 2 N–H and O–H groups in total. The number of ether oxygens (including phenoxy) is 1. The van der Waals surface area contributed by atoms with Gasteiger partial charge < -0.3 is 24.7 Å². The van der Waals surface area contributed by atoms with Crippen LogP contribution in [0.15, 0.2) is 30.3 Å². The van der Waals surface area contributed by atoms with E-state index < -0.39 is 17.2 Å². The van der Waals surface area contributed by atoms with Crippen LogP contribution in [-0.2, 0) is 0 Å². The summed E-state index contributed by atoms with van der Waals surface area (Å²) in [6.07, 6.45) is 3.39. The van der Waals surface area contributed by atoms with Crippen LogP contribution in [0, 0.1) is 23.5 Å². The van der Waals surface area contributed by atoms with Gasteiger partial charge in [0.1, 0.15) is 40.9 Å². The minimum absolute atomic E-state index is 0.0151. The van der Waals surface area contributed by atoms with E-state index in [0.717, 1.165) is 19.4 Å². The number of pyridine rings is 1. The first kappa shape index (κ1) is 28.1. The van der Waals surface area contributed by atoms with E-state index in [-0.39, 0.29) is 46.8 Å². The van der Waals surface area contributed by atoms with Crippen molar-refractivity contribution in [3.63, 3.8) is 0 Å². The first-order valence-electron chi connectivity index (χ1n) is 14.2. The van der Waals surface area contributed by atoms with Crippen molar-refractivity contribution in [2.45, 2.75) is 51.2 Å². The lowest BCUT2D eigenvalue weighted by Crippen LogP contribution is -2.46. The minimum Gasteiger partial charge on any atom is -0.508 e. The van der Waals surface area contributed by atoms with Gasteiger partial charge in [0.25, 0.3) is 0 Å². The molecule has 0 spiro atoms. The van der Waals surface area contributed by atoms with Gasteiger partial charge in [0.05, 0.1) is 11.0 Å². The number of piperidine rings is 1. The summed E-state index contributed by atoms with van der Waals surface area (Å²) in [7, 11) is 2.04. The number of aromatic hydroxyl groups is 1. The highest BCUT2D eigenvalue weighted by Crippen LogP contribution is 2.39. The molecule has 2 saturated heterocycles. The predicted molar refractivity (Wildman–Crippen MR) is 158 cm³/mol. The van der Waals surface area contributed by atoms with Gasteiger partial charge in [-0.1, -0.05) is 12.0 Å². The van der Waals surface area contributed by atoms with Crippen LogP contribution in [0.25, 0.3) is 32.9 Å². The van der Waals surface area contributed by atoms with Crippen LogP contribution in [0.2, 0.25) is 0 Å². The molecule has 2 fully saturated rings. The lowest BCUT2D eigenvalue weighted by molar-refractivity contribution is 0.0447. The molecule has 2 aromatic heterocycles. The van der Waals surface area contributed by atoms with Crippen LogP contribution in [0.5, 0.6) is 11.8 Å². The maximum atomic E-state index is 16.7. The molecule has 2 aliphatic heterocycles. The van der Waals surface area contributed by atoms with Crippen LogP contribution in [0.4, 0.5) is 14.6 Å². The number of nitrogens with zero attached hydrogens (tertiary/aromatic N) is 5. The normalized spacial score (nSPS) is 21.1. The molecule has 0 saturated carbocycles. The van der Waals surface area contributed by atoms with Crippen LogP contribution in [-0.4, -0.2) is 75.0 Å². The number of aliphatic hydroxyl groups is 1. The molecule has 0 unspecified atom stereocenters. The summed E-state index contributed by atoms with van der Waals surface area (Å²) in [5, 5.41) is 22.6. The van der Waals surface area contributed by atoms with Crippen molar-refractivity contribution in [1.82, 2.24) is 19.9 Å². The first-order chi connectivity index (χ1) is 20.1. The summed E-state index contributed by atoms with van der Waals surface area (Å²) in [6.45, 7) is 5.61. The zero-order valence-electron chi connectivity index (χ0n) is 23.9. The summed E-state index contributed by atoms with van der Waals surface area (Å²) in [4.78, 5) is 18.0. The molecule has 6 rings (SSSR count). The zero-order chi connectivity index (χ0) is 29.6. The van der Waals surface area contributed by atoms with Gasteiger partial charge in [0.15, 0.2) is 5.82 Å². The lowest BCUT2D eigenvalue weighted by atomic mass is 9.94. The highest BCUT2D eigenvalue weighted by atomic mass is 19.1. The average molecular weight is 574 g/mol. The van der Waals surface area contributed by atoms with E-state index in [1.807, 2.05) is 11.9 Å². The molecule has 2 aliphatic rings. The first-order valence-corrected chi connectivity index (χ1v) is 14.2. The van der Waals surface area contributed by atoms with Crippen LogP contribution in [0.3, 0.4) is 0 Å². The molecule has 0 amide bonds. The topological polar surface area (TPSA) is 94.8 Å². The fourth-order valence-corrected chi connectivity index (χ4v) is 6.09. The van der Waals surface area contributed by atoms with Gasteiger partial charge >= 0.3 is 6.01 Å². The Morgan fingerprint density at radius 2 is 1.95 bits per heavy atom. The van der Waals surface area contributed by atoms with E-state index >= 15 is 4.39 Å². The molecule has 2 atom stereocenters. The Balaban J connectivity index is 1.59. The molecule has 0 radical (unpaired) electrons. The number of benzene rings is 2. The molecule has 8 nitrogen and oxygen atoms in total. The molecule has 42 heavy (non-hydrogen) atoms. The minimum atomic E-state index is -0.962. The van der Waals surface area contributed by atoms with Crippen molar-refractivity contribution in [1.29, 1.82) is 0 Å². The number of halogens is 2. The van der Waals surface area contributed by atoms with E-state index in [1.54, 1.807) is 13.8 Å². The second-order valence-electron chi connectivity index (χ2n) is 11.5. The summed E-state index contributed by atoms with van der Waals surface area (Å²) in [6, 6.07) is 7.14. The molecule has 0 aliphatic carbocycles. The van der Waals surface area contributed by atoms with Crippen molar-refractivity contribution in [2.24, 2.45) is 0 Å². The summed E-state index contributed by atoms with van der Waals surface area (Å²) >= 11 is 0. The Bertz CT molecular complexity index is 1750. The molecule has 218 valence electrons. The summed E-state index contributed by atoms with van der Waals surface area (Å²) in [5.74, 6) is 4.84. The van der Waals surface area contributed by atoms with Gasteiger partial charge in [0, 0.05) is 24.7 Å². The second kappa shape index (κ2) is 11.0. The second-order valence-corrected chi connectivity index (χ2v) is 11.5. The van der Waals surface area contributed by atoms with Crippen molar-refractivity contribution in [3.05, 3.63) is 47.7 Å². The van der Waals surface area contributed by atoms with Crippen molar-refractivity contribution in [2.75, 3.05) is 38.2 Å². The lowest BCUT2D eigenvalue weighted by Gasteiger charge is -2.38. The number of likely N-dealkylation sites (N-methyl/N-ethyl adjacent to an activating group) is 1. The number of β-amino-alcohol motifs (C(OH)–C–C–N with tert-alkyl or cyclic N) is 1. The Morgan fingerprint density at radius 3 is 2.69 bits per heavy atom. The monoisotopic (exact) mass is 573 g/mol. The largest absolute Gasteiger partial charge is 0.508 e. The highest BCUT2D eigenvalue weighted by molar-refractivity contribution is 6.01. The van der Waals surface area contributed by atoms with Gasteiger partial charge in [-0.3, -0.25) is 0 Å². The fourth-order valence-electron chi connectivity index (χ4n) is 6.09. The molecular weight excluding hydrogens is 540 g/mol. The SMILES string of the molecule is CC#Cc1nc(-c2cc(O)cc3ccc(F)cc23)c(F)c2nc(OC[C@H]3CCCN3C)nc(N3CCC[C@@](C)(O)C3)c12. The maximum absolute atomic E-state index is 16.7. The quantitative estimate of drug-likeness (QED) is 0.322. The molecule has 10 heteroatoms. The molecular formula is C32H33F2N5O3. The van der Waals surface area contributed by atoms with Gasteiger partial charge in [-0.25, -0.2) is 13.8 Å². The Morgan fingerprint density at radius 1 is 1.12 bits per heavy atom. The van der Waals surface area contributed by atoms with Gasteiger partial charge in [-0.15, -0.1) is 0 Å². The van der Waals surface area contributed by atoms with Gasteiger partial charge in [0.2, 0.25) is 0 Å². The number of hydrogen-bond acceptors (Lipinski definition) is 8. The number of anilines is 1. The summed E-state index contributed by atoms with van der Waals surface area (Å²) in [5.41, 5.74) is -0.687. The van der Waals surface area contributed by atoms with E-state index in [0.29, 0.717) is 48.0 Å². The Labute approximate surface area is 243 Å². The number of aromatic nitrogens is 3. The Hall–Kier alpha value is -4.07. The third-order valence-electron chi connectivity index (χ3n) is 8.20. The third kappa shape index (κ3) is 5.30. The van der Waals surface area contributed by atoms with Gasteiger partial charge in [-0.05, 0) is 94.1 Å².